The molecule has 0 bridgehead atoms. The first-order chi connectivity index (χ1) is 10.2. The van der Waals surface area contributed by atoms with Crippen LogP contribution < -0.4 is 10.2 Å². The summed E-state index contributed by atoms with van der Waals surface area (Å²) in [7, 11) is 2.00. The van der Waals surface area contributed by atoms with Crippen LogP contribution in [0.1, 0.15) is 18.2 Å². The molecule has 0 saturated carbocycles. The first-order valence-corrected chi connectivity index (χ1v) is 6.96. The molecule has 21 heavy (non-hydrogen) atoms. The van der Waals surface area contributed by atoms with Crippen LogP contribution in [0.25, 0.3) is 0 Å². The molecule has 0 atom stereocenters. The van der Waals surface area contributed by atoms with Crippen LogP contribution in [0.3, 0.4) is 0 Å². The van der Waals surface area contributed by atoms with Gasteiger partial charge in [0.15, 0.2) is 0 Å². The van der Waals surface area contributed by atoms with Crippen LogP contribution in [0, 0.1) is 0 Å². The van der Waals surface area contributed by atoms with Crippen molar-refractivity contribution < 1.29 is 4.79 Å². The fraction of sp³-hybridized carbons (Fsp3) is 0.312. The summed E-state index contributed by atoms with van der Waals surface area (Å²) in [4.78, 5) is 21.9. The minimum atomic E-state index is -0.0408. The summed E-state index contributed by atoms with van der Waals surface area (Å²) < 4.78 is 0. The van der Waals surface area contributed by atoms with Crippen LogP contribution in [-0.4, -0.2) is 29.5 Å². The van der Waals surface area contributed by atoms with E-state index in [1.54, 1.807) is 12.4 Å². The van der Waals surface area contributed by atoms with Crippen molar-refractivity contribution in [3.05, 3.63) is 54.0 Å². The van der Waals surface area contributed by atoms with Gasteiger partial charge in [0.05, 0.1) is 0 Å². The number of carbonyl (C=O) groups excluding carboxylic acids is 1. The fourth-order valence-corrected chi connectivity index (χ4v) is 2.07. The van der Waals surface area contributed by atoms with Gasteiger partial charge in [-0.25, -0.2) is 4.98 Å². The largest absolute Gasteiger partial charge is 0.359 e. The highest BCUT2D eigenvalue weighted by Gasteiger charge is 2.09. The number of pyridine rings is 2. The third-order valence-electron chi connectivity index (χ3n) is 3.19. The van der Waals surface area contributed by atoms with E-state index in [9.17, 15) is 4.79 Å². The lowest BCUT2D eigenvalue weighted by Crippen LogP contribution is -2.25. The normalized spacial score (nSPS) is 10.2. The van der Waals surface area contributed by atoms with Gasteiger partial charge in [-0.3, -0.25) is 9.78 Å². The summed E-state index contributed by atoms with van der Waals surface area (Å²) in [5.41, 5.74) is 2.07. The predicted molar refractivity (Wildman–Crippen MR) is 83.0 cm³/mol. The zero-order chi connectivity index (χ0) is 15.1. The van der Waals surface area contributed by atoms with Crippen molar-refractivity contribution in [2.24, 2.45) is 0 Å². The van der Waals surface area contributed by atoms with E-state index >= 15 is 0 Å². The summed E-state index contributed by atoms with van der Waals surface area (Å²) in [6, 6.07) is 9.79. The Morgan fingerprint density at radius 2 is 2.00 bits per heavy atom. The monoisotopic (exact) mass is 284 g/mol. The standard InChI is InChI=1S/C16H20N4O/c1-13(21)19-12-14-6-5-10-18-16(14)20(2)11-8-15-7-3-4-9-17-15/h3-7,9-10H,8,11-12H2,1-2H3,(H,19,21). The molecule has 1 N–H and O–H groups in total. The highest BCUT2D eigenvalue weighted by Crippen LogP contribution is 2.15. The quantitative estimate of drug-likeness (QED) is 0.878. The van der Waals surface area contributed by atoms with Crippen molar-refractivity contribution in [3.63, 3.8) is 0 Å². The van der Waals surface area contributed by atoms with E-state index in [1.165, 1.54) is 6.92 Å². The molecule has 2 aromatic rings. The summed E-state index contributed by atoms with van der Waals surface area (Å²) in [6.45, 7) is 2.83. The molecule has 0 saturated heterocycles. The molecule has 0 unspecified atom stereocenters. The molecule has 0 fully saturated rings. The van der Waals surface area contributed by atoms with E-state index in [1.807, 2.05) is 37.4 Å². The lowest BCUT2D eigenvalue weighted by atomic mass is 10.2. The number of likely N-dealkylation sites (N-methyl/N-ethyl adjacent to an activating group) is 1. The molecule has 0 radical (unpaired) electrons. The molecule has 2 heterocycles. The molecule has 1 amide bonds. The van der Waals surface area contributed by atoms with Crippen LogP contribution >= 0.6 is 0 Å². The molecule has 0 aliphatic carbocycles. The molecule has 0 aliphatic rings. The number of aromatic nitrogens is 2. The number of anilines is 1. The number of amides is 1. The smallest absolute Gasteiger partial charge is 0.217 e. The van der Waals surface area contributed by atoms with E-state index in [0.717, 1.165) is 30.0 Å². The highest BCUT2D eigenvalue weighted by molar-refractivity contribution is 5.73. The van der Waals surface area contributed by atoms with Gasteiger partial charge in [0.2, 0.25) is 5.91 Å². The van der Waals surface area contributed by atoms with Crippen LogP contribution in [0.15, 0.2) is 42.7 Å². The zero-order valence-electron chi connectivity index (χ0n) is 12.4. The maximum Gasteiger partial charge on any atom is 0.217 e. The van der Waals surface area contributed by atoms with Gasteiger partial charge >= 0.3 is 0 Å². The van der Waals surface area contributed by atoms with Gasteiger partial charge in [-0.2, -0.15) is 0 Å². The third kappa shape index (κ3) is 4.56. The first kappa shape index (κ1) is 15.0. The average Bonchev–Trinajstić information content (AvgIpc) is 2.52. The molecular formula is C16H20N4O. The van der Waals surface area contributed by atoms with Gasteiger partial charge in [-0.05, 0) is 18.2 Å². The minimum absolute atomic E-state index is 0.0408. The Kier molecular flexibility index (Phi) is 5.26. The molecule has 2 aromatic heterocycles. The Hall–Kier alpha value is -2.43. The Balaban J connectivity index is 2.01. The van der Waals surface area contributed by atoms with E-state index in [0.29, 0.717) is 6.54 Å². The topological polar surface area (TPSA) is 58.1 Å². The Morgan fingerprint density at radius 1 is 1.19 bits per heavy atom. The second-order valence-electron chi connectivity index (χ2n) is 4.89. The maximum absolute atomic E-state index is 11.1. The fourth-order valence-electron chi connectivity index (χ4n) is 2.07. The number of nitrogens with zero attached hydrogens (tertiary/aromatic N) is 3. The van der Waals surface area contributed by atoms with Crippen LogP contribution in [0.5, 0.6) is 0 Å². The lowest BCUT2D eigenvalue weighted by Gasteiger charge is -2.21. The van der Waals surface area contributed by atoms with Gasteiger partial charge in [0, 0.05) is 57.1 Å². The summed E-state index contributed by atoms with van der Waals surface area (Å²) in [5, 5.41) is 2.81. The molecule has 0 spiro atoms. The van der Waals surface area contributed by atoms with E-state index in [-0.39, 0.29) is 5.91 Å². The number of rotatable bonds is 6. The Bertz CT molecular complexity index is 586. The molecule has 0 aromatic carbocycles. The Morgan fingerprint density at radius 3 is 2.71 bits per heavy atom. The lowest BCUT2D eigenvalue weighted by molar-refractivity contribution is -0.119. The molecule has 2 rings (SSSR count). The van der Waals surface area contributed by atoms with Crippen LogP contribution in [0.4, 0.5) is 5.82 Å². The molecule has 110 valence electrons. The van der Waals surface area contributed by atoms with Gasteiger partial charge in [0.1, 0.15) is 5.82 Å². The molecule has 5 heteroatoms. The number of carbonyl (C=O) groups is 1. The highest BCUT2D eigenvalue weighted by atomic mass is 16.1. The zero-order valence-corrected chi connectivity index (χ0v) is 12.4. The van der Waals surface area contributed by atoms with Crippen molar-refractivity contribution in [3.8, 4) is 0 Å². The number of nitrogens with one attached hydrogen (secondary N) is 1. The van der Waals surface area contributed by atoms with Crippen LogP contribution in [-0.2, 0) is 17.8 Å². The van der Waals surface area contributed by atoms with E-state index < -0.39 is 0 Å². The van der Waals surface area contributed by atoms with Crippen molar-refractivity contribution in [2.75, 3.05) is 18.5 Å². The molecule has 0 aliphatic heterocycles. The van der Waals surface area contributed by atoms with Crippen molar-refractivity contribution in [1.82, 2.24) is 15.3 Å². The summed E-state index contributed by atoms with van der Waals surface area (Å²) >= 11 is 0. The Labute approximate surface area is 125 Å². The van der Waals surface area contributed by atoms with E-state index in [4.69, 9.17) is 0 Å². The first-order valence-electron chi connectivity index (χ1n) is 6.96. The summed E-state index contributed by atoms with van der Waals surface area (Å²) in [5.74, 6) is 0.850. The van der Waals surface area contributed by atoms with Gasteiger partial charge < -0.3 is 10.2 Å². The number of hydrogen-bond donors (Lipinski definition) is 1. The second kappa shape index (κ2) is 7.38. The minimum Gasteiger partial charge on any atom is -0.359 e. The second-order valence-corrected chi connectivity index (χ2v) is 4.89. The summed E-state index contributed by atoms with van der Waals surface area (Å²) in [6.07, 6.45) is 4.43. The van der Waals surface area contributed by atoms with Crippen molar-refractivity contribution >= 4 is 11.7 Å². The maximum atomic E-state index is 11.1. The van der Waals surface area contributed by atoms with Crippen LogP contribution in [0.2, 0.25) is 0 Å². The average molecular weight is 284 g/mol. The molecular weight excluding hydrogens is 264 g/mol. The third-order valence-corrected chi connectivity index (χ3v) is 3.19. The van der Waals surface area contributed by atoms with Crippen molar-refractivity contribution in [2.45, 2.75) is 19.9 Å². The van der Waals surface area contributed by atoms with Crippen molar-refractivity contribution in [1.29, 1.82) is 0 Å². The molecule has 5 nitrogen and oxygen atoms in total. The van der Waals surface area contributed by atoms with Gasteiger partial charge in [-0.15, -0.1) is 0 Å². The number of hydrogen-bond acceptors (Lipinski definition) is 4. The van der Waals surface area contributed by atoms with Gasteiger partial charge in [0.25, 0.3) is 0 Å². The van der Waals surface area contributed by atoms with Gasteiger partial charge in [-0.1, -0.05) is 12.1 Å². The predicted octanol–water partition coefficient (Wildman–Crippen LogP) is 1.79. The SMILES string of the molecule is CC(=O)NCc1cccnc1N(C)CCc1ccccn1. The van der Waals surface area contributed by atoms with E-state index in [2.05, 4.69) is 20.2 Å².